The number of aromatic nitrogens is 5. The van der Waals surface area contributed by atoms with Gasteiger partial charge in [0.25, 0.3) is 0 Å². The minimum absolute atomic E-state index is 0.431. The molecule has 0 aromatic carbocycles. The van der Waals surface area contributed by atoms with Crippen molar-refractivity contribution >= 4 is 5.65 Å². The molecule has 0 aliphatic carbocycles. The molecule has 0 unspecified atom stereocenters. The van der Waals surface area contributed by atoms with Crippen molar-refractivity contribution < 1.29 is 0 Å². The molecule has 2 aliphatic heterocycles. The molecule has 5 heterocycles. The van der Waals surface area contributed by atoms with E-state index in [1.165, 1.54) is 29.7 Å². The Bertz CT molecular complexity index is 945. The van der Waals surface area contributed by atoms with Crippen LogP contribution in [0.25, 0.3) is 5.65 Å². The van der Waals surface area contributed by atoms with Gasteiger partial charge in [0, 0.05) is 67.3 Å². The van der Waals surface area contributed by atoms with Crippen LogP contribution in [-0.2, 0) is 19.4 Å². The van der Waals surface area contributed by atoms with Crippen molar-refractivity contribution in [3.05, 3.63) is 53.0 Å². The lowest BCUT2D eigenvalue weighted by molar-refractivity contribution is 0.164. The number of hydrogen-bond donors (Lipinski definition) is 0. The fourth-order valence-corrected chi connectivity index (χ4v) is 4.57. The number of hydrogen-bond acceptors (Lipinski definition) is 5. The van der Waals surface area contributed by atoms with Gasteiger partial charge in [-0.1, -0.05) is 6.92 Å². The van der Waals surface area contributed by atoms with E-state index in [2.05, 4.69) is 48.7 Å². The van der Waals surface area contributed by atoms with Crippen LogP contribution in [0.2, 0.25) is 0 Å². The Labute approximate surface area is 153 Å². The molecule has 3 aromatic rings. The summed E-state index contributed by atoms with van der Waals surface area (Å²) in [5.41, 5.74) is 5.90. The van der Waals surface area contributed by atoms with E-state index in [4.69, 9.17) is 0 Å². The molecule has 0 saturated carbocycles. The average molecular weight is 348 g/mol. The number of aryl methyl sites for hydroxylation is 2. The fourth-order valence-electron chi connectivity index (χ4n) is 4.57. The van der Waals surface area contributed by atoms with Gasteiger partial charge in [0.15, 0.2) is 5.65 Å². The molecule has 3 aromatic heterocycles. The molecule has 6 heteroatoms. The first kappa shape index (κ1) is 15.9. The van der Waals surface area contributed by atoms with Crippen molar-refractivity contribution in [3.8, 4) is 0 Å². The van der Waals surface area contributed by atoms with E-state index >= 15 is 0 Å². The maximum atomic E-state index is 4.67. The van der Waals surface area contributed by atoms with Crippen molar-refractivity contribution in [1.82, 2.24) is 29.5 Å². The molecule has 0 amide bonds. The van der Waals surface area contributed by atoms with Gasteiger partial charge in [0.1, 0.15) is 5.82 Å². The van der Waals surface area contributed by atoms with Crippen molar-refractivity contribution in [2.75, 3.05) is 0 Å². The van der Waals surface area contributed by atoms with Crippen LogP contribution < -0.4 is 0 Å². The zero-order valence-corrected chi connectivity index (χ0v) is 15.4. The van der Waals surface area contributed by atoms with Gasteiger partial charge >= 0.3 is 0 Å². The third-order valence-corrected chi connectivity index (χ3v) is 5.77. The summed E-state index contributed by atoms with van der Waals surface area (Å²) in [6, 6.07) is 3.06. The lowest BCUT2D eigenvalue weighted by Crippen LogP contribution is -2.38. The highest BCUT2D eigenvalue weighted by molar-refractivity contribution is 5.44. The van der Waals surface area contributed by atoms with Gasteiger partial charge < -0.3 is 0 Å². The van der Waals surface area contributed by atoms with Crippen LogP contribution in [0.3, 0.4) is 0 Å². The quantitative estimate of drug-likeness (QED) is 0.725. The number of fused-ring (bicyclic) bond motifs is 6. The Morgan fingerprint density at radius 3 is 2.77 bits per heavy atom. The van der Waals surface area contributed by atoms with Crippen LogP contribution in [0.15, 0.2) is 24.7 Å². The third kappa shape index (κ3) is 2.51. The minimum Gasteiger partial charge on any atom is -0.289 e. The Hall–Kier alpha value is -2.34. The van der Waals surface area contributed by atoms with Gasteiger partial charge in [-0.25, -0.2) is 19.5 Å². The lowest BCUT2D eigenvalue weighted by Gasteiger charge is -2.36. The Morgan fingerprint density at radius 2 is 1.96 bits per heavy atom. The summed E-state index contributed by atoms with van der Waals surface area (Å²) in [5.74, 6) is 0.948. The van der Waals surface area contributed by atoms with Crippen molar-refractivity contribution in [2.24, 2.45) is 0 Å². The van der Waals surface area contributed by atoms with Gasteiger partial charge in [-0.05, 0) is 26.2 Å². The van der Waals surface area contributed by atoms with Crippen LogP contribution in [0.1, 0.15) is 60.6 Å². The zero-order valence-electron chi connectivity index (χ0n) is 15.4. The molecule has 0 spiro atoms. The summed E-state index contributed by atoms with van der Waals surface area (Å²) in [4.78, 5) is 16.3. The van der Waals surface area contributed by atoms with E-state index in [9.17, 15) is 0 Å². The highest BCUT2D eigenvalue weighted by Crippen LogP contribution is 2.44. The van der Waals surface area contributed by atoms with Crippen molar-refractivity contribution in [1.29, 1.82) is 0 Å². The Balaban J connectivity index is 1.45. The second-order valence-electron chi connectivity index (χ2n) is 7.60. The van der Waals surface area contributed by atoms with Gasteiger partial charge in [0.05, 0.1) is 11.4 Å². The number of nitrogens with zero attached hydrogens (tertiary/aromatic N) is 6. The Kier molecular flexibility index (Phi) is 3.74. The predicted molar refractivity (Wildman–Crippen MR) is 98.8 cm³/mol. The highest BCUT2D eigenvalue weighted by atomic mass is 15.3. The third-order valence-electron chi connectivity index (χ3n) is 5.77. The molecule has 5 rings (SSSR count). The first-order valence-corrected chi connectivity index (χ1v) is 9.62. The molecule has 2 bridgehead atoms. The molecule has 2 atom stereocenters. The molecular formula is C20H24N6. The normalized spacial score (nSPS) is 22.1. The summed E-state index contributed by atoms with van der Waals surface area (Å²) >= 11 is 0. The maximum Gasteiger partial charge on any atom is 0.155 e. The van der Waals surface area contributed by atoms with E-state index in [1.54, 1.807) is 0 Å². The summed E-state index contributed by atoms with van der Waals surface area (Å²) in [7, 11) is 0. The smallest absolute Gasteiger partial charge is 0.155 e. The van der Waals surface area contributed by atoms with Crippen LogP contribution in [0.5, 0.6) is 0 Å². The van der Waals surface area contributed by atoms with Crippen LogP contribution in [-0.4, -0.2) is 35.5 Å². The minimum atomic E-state index is 0.431. The summed E-state index contributed by atoms with van der Waals surface area (Å²) in [6.45, 7) is 5.11. The van der Waals surface area contributed by atoms with Crippen LogP contribution in [0, 0.1) is 6.92 Å². The average Bonchev–Trinajstić information content (AvgIpc) is 3.15. The first-order chi connectivity index (χ1) is 12.7. The van der Waals surface area contributed by atoms with E-state index in [-0.39, 0.29) is 0 Å². The zero-order chi connectivity index (χ0) is 17.7. The predicted octanol–water partition coefficient (Wildman–Crippen LogP) is 3.04. The summed E-state index contributed by atoms with van der Waals surface area (Å²) in [6.07, 6.45) is 11.6. The van der Waals surface area contributed by atoms with E-state index < -0.39 is 0 Å². The second kappa shape index (κ2) is 6.13. The summed E-state index contributed by atoms with van der Waals surface area (Å²) in [5, 5.41) is 4.67. The highest BCUT2D eigenvalue weighted by Gasteiger charge is 2.41. The summed E-state index contributed by atoms with van der Waals surface area (Å²) < 4.78 is 2.07. The van der Waals surface area contributed by atoms with Crippen molar-refractivity contribution in [3.63, 3.8) is 0 Å². The SMILES string of the molecule is CCCc1ncc(CN2[C@H]3CC[C@H]2c2cnc4cc(C)nn4c2C3)cn1. The fraction of sp³-hybridized carbons (Fsp3) is 0.500. The molecule has 134 valence electrons. The molecule has 1 fully saturated rings. The van der Waals surface area contributed by atoms with Gasteiger partial charge in [-0.15, -0.1) is 0 Å². The van der Waals surface area contributed by atoms with Gasteiger partial charge in [0.2, 0.25) is 0 Å². The van der Waals surface area contributed by atoms with Crippen LogP contribution >= 0.6 is 0 Å². The molecule has 2 aliphatic rings. The Morgan fingerprint density at radius 1 is 1.12 bits per heavy atom. The molecule has 26 heavy (non-hydrogen) atoms. The largest absolute Gasteiger partial charge is 0.289 e. The van der Waals surface area contributed by atoms with E-state index in [1.807, 2.05) is 19.3 Å². The van der Waals surface area contributed by atoms with Crippen LogP contribution in [0.4, 0.5) is 0 Å². The van der Waals surface area contributed by atoms with Gasteiger partial charge in [-0.3, -0.25) is 4.90 Å². The standard InChI is InChI=1S/C20H24N6/c1-3-4-19-21-9-14(10-22-19)12-25-15-5-6-17(25)16-11-23-20-7-13(2)24-26(20)18(16)8-15/h7,9-11,15,17H,3-6,8,12H2,1-2H3/t15-,17-/m0/s1. The van der Waals surface area contributed by atoms with Crippen molar-refractivity contribution in [2.45, 2.75) is 64.6 Å². The van der Waals surface area contributed by atoms with Gasteiger partial charge in [-0.2, -0.15) is 5.10 Å². The number of rotatable bonds is 4. The molecule has 6 nitrogen and oxygen atoms in total. The van der Waals surface area contributed by atoms with E-state index in [0.717, 1.165) is 43.0 Å². The topological polar surface area (TPSA) is 59.2 Å². The maximum absolute atomic E-state index is 4.67. The molecule has 0 radical (unpaired) electrons. The molecule has 0 N–H and O–H groups in total. The second-order valence-corrected chi connectivity index (χ2v) is 7.60. The van der Waals surface area contributed by atoms with E-state index in [0.29, 0.717) is 12.1 Å². The monoisotopic (exact) mass is 348 g/mol. The first-order valence-electron chi connectivity index (χ1n) is 9.62. The molecular weight excluding hydrogens is 324 g/mol. The molecule has 1 saturated heterocycles. The lowest BCUT2D eigenvalue weighted by atomic mass is 9.98.